The Labute approximate surface area is 179 Å². The number of aromatic amines is 1. The molecule has 5 nitrogen and oxygen atoms in total. The topological polar surface area (TPSA) is 63.0 Å². The van der Waals surface area contributed by atoms with E-state index in [0.717, 1.165) is 34.3 Å². The van der Waals surface area contributed by atoms with Gasteiger partial charge in [0.15, 0.2) is 5.82 Å². The second-order valence-electron chi connectivity index (χ2n) is 8.82. The lowest BCUT2D eigenvalue weighted by atomic mass is 9.96. The van der Waals surface area contributed by atoms with Crippen LogP contribution >= 0.6 is 0 Å². The summed E-state index contributed by atoms with van der Waals surface area (Å²) in [7, 11) is 0. The predicted molar refractivity (Wildman–Crippen MR) is 119 cm³/mol. The van der Waals surface area contributed by atoms with Crippen molar-refractivity contribution in [3.8, 4) is 0 Å². The van der Waals surface area contributed by atoms with Crippen molar-refractivity contribution in [1.29, 1.82) is 0 Å². The molecule has 1 N–H and O–H groups in total. The van der Waals surface area contributed by atoms with E-state index in [9.17, 15) is 9.18 Å². The number of carbonyl (C=O) groups excluding carboxylic acids is 1. The van der Waals surface area contributed by atoms with Gasteiger partial charge >= 0.3 is 0 Å². The van der Waals surface area contributed by atoms with Crippen molar-refractivity contribution in [1.82, 2.24) is 14.5 Å². The summed E-state index contributed by atoms with van der Waals surface area (Å²) in [4.78, 5) is 26.0. The van der Waals surface area contributed by atoms with Crippen LogP contribution in [0.3, 0.4) is 0 Å². The molecule has 6 rings (SSSR count). The van der Waals surface area contributed by atoms with Crippen LogP contribution in [0.5, 0.6) is 0 Å². The minimum absolute atomic E-state index is 0.0949. The Kier molecular flexibility index (Phi) is 4.10. The average molecular weight is 414 g/mol. The standard InChI is InChI=1S/C25H23FN4O/c1-14-10-15(6-7-19(14)26)12-30-13-18(16-4-2-3-5-22(16)30)24(31)25-28-20-8-9-27-21-11-17(21)23(20)29-25/h2-7,9-10,13-14,17,19,21H,8,11-12H2,1H3,(H,28,29). The molecule has 4 unspecified atom stereocenters. The third-order valence-electron chi connectivity index (χ3n) is 6.59. The van der Waals surface area contributed by atoms with Crippen LogP contribution in [0.25, 0.3) is 10.9 Å². The van der Waals surface area contributed by atoms with Crippen molar-refractivity contribution in [2.24, 2.45) is 10.9 Å². The van der Waals surface area contributed by atoms with Gasteiger partial charge in [0, 0.05) is 53.8 Å². The molecule has 1 aromatic carbocycles. The van der Waals surface area contributed by atoms with Gasteiger partial charge in [-0.3, -0.25) is 9.79 Å². The molecular formula is C25H23FN4O. The number of carbonyl (C=O) groups is 1. The van der Waals surface area contributed by atoms with Gasteiger partial charge in [-0.15, -0.1) is 0 Å². The molecule has 31 heavy (non-hydrogen) atoms. The number of alkyl halides is 1. The monoisotopic (exact) mass is 414 g/mol. The largest absolute Gasteiger partial charge is 0.342 e. The van der Waals surface area contributed by atoms with Crippen molar-refractivity contribution in [2.75, 3.05) is 0 Å². The first-order chi connectivity index (χ1) is 15.1. The van der Waals surface area contributed by atoms with E-state index in [1.807, 2.05) is 55.8 Å². The number of aliphatic imine (C=N–C) groups is 1. The van der Waals surface area contributed by atoms with E-state index in [0.29, 0.717) is 36.3 Å². The number of benzene rings is 1. The number of nitrogens with one attached hydrogen (secondary N) is 1. The average Bonchev–Trinajstić information content (AvgIpc) is 3.32. The van der Waals surface area contributed by atoms with Gasteiger partial charge in [-0.25, -0.2) is 9.37 Å². The number of fused-ring (bicyclic) bond motifs is 4. The molecule has 1 fully saturated rings. The lowest BCUT2D eigenvalue weighted by Crippen LogP contribution is -2.13. The summed E-state index contributed by atoms with van der Waals surface area (Å²) < 4.78 is 15.9. The molecule has 0 radical (unpaired) electrons. The minimum atomic E-state index is -0.937. The fraction of sp³-hybridized carbons (Fsp3) is 0.320. The quantitative estimate of drug-likeness (QED) is 0.637. The zero-order valence-electron chi connectivity index (χ0n) is 17.3. The van der Waals surface area contributed by atoms with Gasteiger partial charge in [0.05, 0.1) is 17.3 Å². The summed E-state index contributed by atoms with van der Waals surface area (Å²) in [5.41, 5.74) is 4.68. The lowest BCUT2D eigenvalue weighted by Gasteiger charge is -2.17. The minimum Gasteiger partial charge on any atom is -0.342 e. The second-order valence-corrected chi connectivity index (χ2v) is 8.82. The Hall–Kier alpha value is -3.28. The number of rotatable bonds is 4. The highest BCUT2D eigenvalue weighted by atomic mass is 19.1. The first-order valence-corrected chi connectivity index (χ1v) is 10.8. The van der Waals surface area contributed by atoms with Crippen molar-refractivity contribution in [3.63, 3.8) is 0 Å². The Balaban J connectivity index is 1.37. The SMILES string of the molecule is CC1C=C(Cn2cc(C(=O)c3nc4c([nH]3)CC=NC3CC43)c3ccccc32)C=CC1F. The molecule has 6 heteroatoms. The van der Waals surface area contributed by atoms with Gasteiger partial charge < -0.3 is 9.55 Å². The van der Waals surface area contributed by atoms with Crippen LogP contribution in [-0.2, 0) is 13.0 Å². The highest BCUT2D eigenvalue weighted by Crippen LogP contribution is 2.45. The maximum Gasteiger partial charge on any atom is 0.230 e. The van der Waals surface area contributed by atoms with Crippen molar-refractivity contribution in [3.05, 3.63) is 77.0 Å². The Morgan fingerprint density at radius 2 is 2.19 bits per heavy atom. The van der Waals surface area contributed by atoms with Gasteiger partial charge in [-0.1, -0.05) is 37.3 Å². The number of para-hydroxylation sites is 1. The summed E-state index contributed by atoms with van der Waals surface area (Å²) in [5, 5.41) is 0.904. The molecule has 1 aliphatic heterocycles. The van der Waals surface area contributed by atoms with Gasteiger partial charge in [0.2, 0.25) is 5.78 Å². The van der Waals surface area contributed by atoms with Crippen LogP contribution in [0.1, 0.15) is 46.8 Å². The number of ketones is 1. The number of hydrogen-bond acceptors (Lipinski definition) is 3. The number of aromatic nitrogens is 3. The molecule has 3 aliphatic rings. The Bertz CT molecular complexity index is 1290. The highest BCUT2D eigenvalue weighted by molar-refractivity contribution is 6.15. The maximum absolute atomic E-state index is 13.8. The molecular weight excluding hydrogens is 391 g/mol. The summed E-state index contributed by atoms with van der Waals surface area (Å²) in [6.07, 6.45) is 10.0. The zero-order valence-corrected chi connectivity index (χ0v) is 17.3. The van der Waals surface area contributed by atoms with Crippen LogP contribution in [0.15, 0.2) is 59.3 Å². The summed E-state index contributed by atoms with van der Waals surface area (Å²) in [5.74, 6) is 0.512. The van der Waals surface area contributed by atoms with Gasteiger partial charge in [-0.05, 0) is 24.1 Å². The number of H-pyrrole nitrogens is 1. The number of hydrogen-bond donors (Lipinski definition) is 1. The number of nitrogens with zero attached hydrogens (tertiary/aromatic N) is 3. The van der Waals surface area contributed by atoms with Gasteiger partial charge in [0.1, 0.15) is 6.17 Å². The molecule has 2 aromatic heterocycles. The smallest absolute Gasteiger partial charge is 0.230 e. The van der Waals surface area contributed by atoms with E-state index in [2.05, 4.69) is 14.5 Å². The fourth-order valence-corrected chi connectivity index (χ4v) is 4.78. The van der Waals surface area contributed by atoms with Crippen LogP contribution < -0.4 is 0 Å². The Morgan fingerprint density at radius 3 is 3.06 bits per heavy atom. The first kappa shape index (κ1) is 18.5. The van der Waals surface area contributed by atoms with Crippen LogP contribution in [0, 0.1) is 5.92 Å². The molecule has 4 atom stereocenters. The lowest BCUT2D eigenvalue weighted by molar-refractivity contribution is 0.103. The normalized spacial score (nSPS) is 26.3. The first-order valence-electron chi connectivity index (χ1n) is 10.8. The van der Waals surface area contributed by atoms with Crippen LogP contribution in [-0.4, -0.2) is 38.7 Å². The molecule has 0 amide bonds. The van der Waals surface area contributed by atoms with E-state index < -0.39 is 6.17 Å². The predicted octanol–water partition coefficient (Wildman–Crippen LogP) is 4.55. The summed E-state index contributed by atoms with van der Waals surface area (Å²) in [6, 6.07) is 8.24. The van der Waals surface area contributed by atoms with E-state index in [4.69, 9.17) is 4.98 Å². The number of imidazole rings is 1. The van der Waals surface area contributed by atoms with E-state index in [-0.39, 0.29) is 11.7 Å². The maximum atomic E-state index is 13.8. The molecule has 156 valence electrons. The van der Waals surface area contributed by atoms with Crippen molar-refractivity contribution in [2.45, 2.75) is 44.4 Å². The van der Waals surface area contributed by atoms with Gasteiger partial charge in [-0.2, -0.15) is 0 Å². The third-order valence-corrected chi connectivity index (χ3v) is 6.59. The molecule has 0 spiro atoms. The van der Waals surface area contributed by atoms with Crippen LogP contribution in [0.4, 0.5) is 4.39 Å². The van der Waals surface area contributed by atoms with Crippen LogP contribution in [0.2, 0.25) is 0 Å². The number of allylic oxidation sites excluding steroid dienone is 4. The molecule has 2 aliphatic carbocycles. The molecule has 0 bridgehead atoms. The highest BCUT2D eigenvalue weighted by Gasteiger charge is 2.43. The molecule has 0 saturated heterocycles. The molecule has 3 aromatic rings. The van der Waals surface area contributed by atoms with Crippen molar-refractivity contribution < 1.29 is 9.18 Å². The second kappa shape index (κ2) is 6.87. The van der Waals surface area contributed by atoms with E-state index in [1.54, 1.807) is 6.08 Å². The van der Waals surface area contributed by atoms with Gasteiger partial charge in [0.25, 0.3) is 0 Å². The molecule has 3 heterocycles. The molecule has 1 saturated carbocycles. The number of halogens is 1. The van der Waals surface area contributed by atoms with Crippen molar-refractivity contribution >= 4 is 22.9 Å². The van der Waals surface area contributed by atoms with E-state index >= 15 is 0 Å². The fourth-order valence-electron chi connectivity index (χ4n) is 4.78. The third kappa shape index (κ3) is 3.09. The summed E-state index contributed by atoms with van der Waals surface area (Å²) >= 11 is 0. The summed E-state index contributed by atoms with van der Waals surface area (Å²) in [6.45, 7) is 2.48. The van der Waals surface area contributed by atoms with E-state index in [1.165, 1.54) is 0 Å². The Morgan fingerprint density at radius 1 is 1.32 bits per heavy atom. The zero-order chi connectivity index (χ0) is 21.1.